The van der Waals surface area contributed by atoms with Crippen molar-refractivity contribution in [1.29, 1.82) is 0 Å². The Kier molecular flexibility index (Phi) is 5.46. The van der Waals surface area contributed by atoms with Crippen molar-refractivity contribution in [1.82, 2.24) is 0 Å². The molecule has 3 N–H and O–H groups in total. The number of nitrogens with two attached hydrogens (primary N) is 1. The molecule has 1 fully saturated rings. The summed E-state index contributed by atoms with van der Waals surface area (Å²) < 4.78 is 11.2. The van der Waals surface area contributed by atoms with Gasteiger partial charge in [0.05, 0.1) is 0 Å². The normalized spacial score (nSPS) is 20.1. The molecule has 20 heavy (non-hydrogen) atoms. The van der Waals surface area contributed by atoms with Gasteiger partial charge in [0.2, 0.25) is 0 Å². The summed E-state index contributed by atoms with van der Waals surface area (Å²) in [5.74, 6) is -1.08. The molecule has 1 saturated heterocycles. The first-order chi connectivity index (χ1) is 9.56. The van der Waals surface area contributed by atoms with Gasteiger partial charge in [0.1, 0.15) is 0 Å². The summed E-state index contributed by atoms with van der Waals surface area (Å²) in [6, 6.07) is 5.87. The van der Waals surface area contributed by atoms with E-state index in [1.807, 2.05) is 0 Å². The van der Waals surface area contributed by atoms with E-state index in [4.69, 9.17) is 18.6 Å². The molecule has 1 aliphatic heterocycles. The summed E-state index contributed by atoms with van der Waals surface area (Å²) in [5.41, 5.74) is 6.81. The number of benzene rings is 1. The average Bonchev–Trinajstić information content (AvgIpc) is 2.92. The number of halogens is 1. The summed E-state index contributed by atoms with van der Waals surface area (Å²) in [5, 5.41) is 8.74. The van der Waals surface area contributed by atoms with Crippen LogP contribution in [0.5, 0.6) is 0 Å². The third kappa shape index (κ3) is 4.23. The number of alkyl halides is 1. The van der Waals surface area contributed by atoms with E-state index in [1.54, 1.807) is 24.3 Å². The zero-order valence-corrected chi connectivity index (χ0v) is 12.8. The quantitative estimate of drug-likeness (QED) is 0.317. The van der Waals surface area contributed by atoms with Crippen LogP contribution in [0.2, 0.25) is 0 Å². The third-order valence-electron chi connectivity index (χ3n) is 2.86. The molecular weight excluding hydrogens is 377 g/mol. The molecule has 110 valence electrons. The Morgan fingerprint density at radius 1 is 1.40 bits per heavy atom. The Morgan fingerprint density at radius 3 is 2.65 bits per heavy atom. The molecule has 0 amide bonds. The van der Waals surface area contributed by atoms with Gasteiger partial charge in [0, 0.05) is 0 Å². The minimum absolute atomic E-state index is 0.0463. The number of rotatable bonds is 6. The number of hydrogen-bond acceptors (Lipinski definition) is 5. The Morgan fingerprint density at radius 2 is 2.10 bits per heavy atom. The Bertz CT molecular complexity index is 484. The zero-order chi connectivity index (χ0) is 14.5. The van der Waals surface area contributed by atoms with Crippen molar-refractivity contribution in [2.75, 3.05) is 4.61 Å². The van der Waals surface area contributed by atoms with E-state index < -0.39 is 18.3 Å². The molecule has 1 aliphatic rings. The number of carboxylic acids is 1. The first-order valence-corrected chi connectivity index (χ1v) is 8.44. The van der Waals surface area contributed by atoms with Gasteiger partial charge in [-0.25, -0.2) is 0 Å². The fraction of sp³-hybridized carbons (Fsp3) is 0.385. The van der Waals surface area contributed by atoms with Crippen LogP contribution in [0.15, 0.2) is 24.3 Å². The monoisotopic (exact) mass is 392 g/mol. The number of carboxylic acid groups (broad SMARTS) is 1. The fourth-order valence-electron chi connectivity index (χ4n) is 1.75. The van der Waals surface area contributed by atoms with Crippen LogP contribution in [0.25, 0.3) is 0 Å². The van der Waals surface area contributed by atoms with Crippen molar-refractivity contribution in [2.45, 2.75) is 25.2 Å². The van der Waals surface area contributed by atoms with Gasteiger partial charge in [0.15, 0.2) is 0 Å². The predicted octanol–water partition coefficient (Wildman–Crippen LogP) is -2.45. The molecule has 1 aromatic carbocycles. The van der Waals surface area contributed by atoms with Crippen molar-refractivity contribution in [3.63, 3.8) is 0 Å². The molecule has 0 radical (unpaired) electrons. The molecule has 1 heterocycles. The molecule has 0 aromatic heterocycles. The standard InChI is InChI=1S/C13H15INO5/c15-10(13(17)18)5-8-1-3-9(4-2-8)11(16)6-12-19-7-14-20-12/h1-4,10,12H,5-7,15H2,(H,17,18)/q-1. The fourth-order valence-corrected chi connectivity index (χ4v) is 3.17. The van der Waals surface area contributed by atoms with E-state index in [1.165, 1.54) is 0 Å². The van der Waals surface area contributed by atoms with Gasteiger partial charge < -0.3 is 0 Å². The molecule has 0 spiro atoms. The van der Waals surface area contributed by atoms with Crippen molar-refractivity contribution < 1.29 is 44.1 Å². The molecule has 0 aliphatic carbocycles. The minimum atomic E-state index is -1.04. The summed E-state index contributed by atoms with van der Waals surface area (Å²) in [4.78, 5) is 22.6. The van der Waals surface area contributed by atoms with Gasteiger partial charge in [-0.15, -0.1) is 0 Å². The molecular formula is C13H15INO5-. The number of carbonyl (C=O) groups is 2. The predicted molar refractivity (Wildman–Crippen MR) is 65.5 cm³/mol. The molecule has 2 rings (SSSR count). The van der Waals surface area contributed by atoms with Crippen LogP contribution in [0.1, 0.15) is 22.3 Å². The van der Waals surface area contributed by atoms with Crippen LogP contribution < -0.4 is 27.4 Å². The Hall–Kier alpha value is -1.03. The molecule has 6 nitrogen and oxygen atoms in total. The molecule has 2 unspecified atom stereocenters. The summed E-state index contributed by atoms with van der Waals surface area (Å²) in [6.45, 7) is 0. The van der Waals surface area contributed by atoms with Crippen molar-refractivity contribution in [3.8, 4) is 0 Å². The van der Waals surface area contributed by atoms with Crippen LogP contribution in [0.4, 0.5) is 0 Å². The summed E-state index contributed by atoms with van der Waals surface area (Å²) in [6.07, 6.45) is 0.0481. The number of ether oxygens (including phenoxy) is 1. The first kappa shape index (κ1) is 15.4. The Balaban J connectivity index is 1.93. The molecule has 2 atom stereocenters. The van der Waals surface area contributed by atoms with Gasteiger partial charge in [-0.1, -0.05) is 0 Å². The van der Waals surface area contributed by atoms with Gasteiger partial charge in [-0.2, -0.15) is 0 Å². The number of Topliss-reactive ketones (excluding diaryl/α,β-unsaturated/α-hetero) is 1. The van der Waals surface area contributed by atoms with Crippen LogP contribution >= 0.6 is 0 Å². The third-order valence-corrected chi connectivity index (χ3v) is 4.40. The van der Waals surface area contributed by atoms with E-state index in [-0.39, 0.29) is 40.2 Å². The maximum atomic E-state index is 12.0. The van der Waals surface area contributed by atoms with Crippen LogP contribution in [-0.2, 0) is 19.0 Å². The molecule has 0 bridgehead atoms. The van der Waals surface area contributed by atoms with Gasteiger partial charge in [-0.05, 0) is 0 Å². The summed E-state index contributed by atoms with van der Waals surface area (Å²) >= 11 is -0.366. The van der Waals surface area contributed by atoms with Gasteiger partial charge >= 0.3 is 127 Å². The van der Waals surface area contributed by atoms with E-state index in [2.05, 4.69) is 0 Å². The Labute approximate surface area is 127 Å². The van der Waals surface area contributed by atoms with Gasteiger partial charge in [-0.3, -0.25) is 0 Å². The second-order valence-electron chi connectivity index (χ2n) is 4.38. The molecule has 0 saturated carbocycles. The number of aliphatic carboxylic acids is 1. The first-order valence-electron chi connectivity index (χ1n) is 6.03. The zero-order valence-electron chi connectivity index (χ0n) is 10.6. The molecule has 7 heteroatoms. The van der Waals surface area contributed by atoms with E-state index >= 15 is 0 Å². The number of ketones is 1. The SMILES string of the molecule is NC(Cc1ccc(C(=O)CC2OC[I-]O2)cc1)C(=O)O. The van der Waals surface area contributed by atoms with Crippen LogP contribution in [-0.4, -0.2) is 33.8 Å². The number of carbonyl (C=O) groups excluding carboxylic acids is 1. The number of hydrogen-bond donors (Lipinski definition) is 2. The van der Waals surface area contributed by atoms with E-state index in [0.29, 0.717) is 10.2 Å². The van der Waals surface area contributed by atoms with Crippen molar-refractivity contribution in [2.24, 2.45) is 5.73 Å². The second kappa shape index (κ2) is 7.11. The second-order valence-corrected chi connectivity index (χ2v) is 6.13. The average molecular weight is 392 g/mol. The van der Waals surface area contributed by atoms with Gasteiger partial charge in [0.25, 0.3) is 0 Å². The maximum absolute atomic E-state index is 12.0. The van der Waals surface area contributed by atoms with E-state index in [0.717, 1.165) is 5.56 Å². The van der Waals surface area contributed by atoms with Crippen molar-refractivity contribution in [3.05, 3.63) is 35.4 Å². The van der Waals surface area contributed by atoms with Crippen LogP contribution in [0.3, 0.4) is 0 Å². The van der Waals surface area contributed by atoms with Crippen molar-refractivity contribution >= 4 is 11.8 Å². The molecule has 1 aromatic rings. The summed E-state index contributed by atoms with van der Waals surface area (Å²) in [7, 11) is 0. The topological polar surface area (TPSA) is 98.9 Å². The van der Waals surface area contributed by atoms with E-state index in [9.17, 15) is 9.59 Å². The van der Waals surface area contributed by atoms with Crippen LogP contribution in [0, 0.1) is 0 Å².